The SMILES string of the molecule is CCC(Sc1nnc(Cc2ccccc2)n1CC)C(=O)c1ccc(OC)cc1. The fraction of sp³-hybridized carbons (Fsp3) is 0.318. The van der Waals surface area contributed by atoms with Crippen molar-refractivity contribution >= 4 is 17.5 Å². The van der Waals surface area contributed by atoms with Gasteiger partial charge in [-0.2, -0.15) is 0 Å². The first kappa shape index (κ1) is 20.1. The summed E-state index contributed by atoms with van der Waals surface area (Å²) in [5, 5.41) is 9.36. The first-order valence-electron chi connectivity index (χ1n) is 9.47. The van der Waals surface area contributed by atoms with Crippen molar-refractivity contribution < 1.29 is 9.53 Å². The molecule has 3 rings (SSSR count). The molecule has 0 spiro atoms. The highest BCUT2D eigenvalue weighted by Gasteiger charge is 2.23. The van der Waals surface area contributed by atoms with Gasteiger partial charge in [0, 0.05) is 18.5 Å². The Labute approximate surface area is 170 Å². The molecule has 0 aliphatic rings. The van der Waals surface area contributed by atoms with Crippen molar-refractivity contribution in [3.63, 3.8) is 0 Å². The van der Waals surface area contributed by atoms with Gasteiger partial charge in [0.25, 0.3) is 0 Å². The Morgan fingerprint density at radius 1 is 1.07 bits per heavy atom. The van der Waals surface area contributed by atoms with Gasteiger partial charge in [-0.25, -0.2) is 0 Å². The number of Topliss-reactive ketones (excluding diaryl/α,β-unsaturated/α-hetero) is 1. The minimum atomic E-state index is -0.201. The van der Waals surface area contributed by atoms with Crippen molar-refractivity contribution in [2.45, 2.75) is 43.6 Å². The van der Waals surface area contributed by atoms with Crippen molar-refractivity contribution in [3.05, 3.63) is 71.5 Å². The van der Waals surface area contributed by atoms with Gasteiger partial charge in [-0.05, 0) is 43.2 Å². The second-order valence-electron chi connectivity index (χ2n) is 6.41. The van der Waals surface area contributed by atoms with E-state index >= 15 is 0 Å². The summed E-state index contributed by atoms with van der Waals surface area (Å²) in [6, 6.07) is 17.5. The number of thioether (sulfide) groups is 1. The smallest absolute Gasteiger partial charge is 0.191 e. The summed E-state index contributed by atoms with van der Waals surface area (Å²) >= 11 is 1.49. The van der Waals surface area contributed by atoms with Gasteiger partial charge in [-0.1, -0.05) is 49.0 Å². The number of carbonyl (C=O) groups is 1. The predicted octanol–water partition coefficient (Wildman–Crippen LogP) is 4.65. The lowest BCUT2D eigenvalue weighted by molar-refractivity contribution is 0.0988. The second-order valence-corrected chi connectivity index (χ2v) is 7.58. The minimum absolute atomic E-state index is 0.102. The molecule has 0 amide bonds. The average Bonchev–Trinajstić information content (AvgIpc) is 3.13. The van der Waals surface area contributed by atoms with Gasteiger partial charge >= 0.3 is 0 Å². The second kappa shape index (κ2) is 9.55. The van der Waals surface area contributed by atoms with Crippen molar-refractivity contribution in [3.8, 4) is 5.75 Å². The molecule has 5 nitrogen and oxygen atoms in total. The molecule has 3 aromatic rings. The standard InChI is InChI=1S/C22H25N3O2S/c1-4-19(21(26)17-11-13-18(27-3)14-12-17)28-22-24-23-20(25(22)5-2)15-16-9-7-6-8-10-16/h6-14,19H,4-5,15H2,1-3H3. The average molecular weight is 396 g/mol. The van der Waals surface area contributed by atoms with Crippen LogP contribution in [-0.2, 0) is 13.0 Å². The molecule has 0 radical (unpaired) electrons. The Balaban J connectivity index is 1.77. The van der Waals surface area contributed by atoms with E-state index in [1.165, 1.54) is 17.3 Å². The van der Waals surface area contributed by atoms with Crippen molar-refractivity contribution in [1.29, 1.82) is 0 Å². The number of nitrogens with zero attached hydrogens (tertiary/aromatic N) is 3. The van der Waals surface area contributed by atoms with Crippen LogP contribution in [0.25, 0.3) is 0 Å². The topological polar surface area (TPSA) is 57.0 Å². The lowest BCUT2D eigenvalue weighted by atomic mass is 10.1. The summed E-state index contributed by atoms with van der Waals surface area (Å²) in [4.78, 5) is 13.0. The number of carbonyl (C=O) groups excluding carboxylic acids is 1. The first-order chi connectivity index (χ1) is 13.7. The Morgan fingerprint density at radius 3 is 2.39 bits per heavy atom. The third kappa shape index (κ3) is 4.62. The molecule has 0 aliphatic heterocycles. The quantitative estimate of drug-likeness (QED) is 0.390. The summed E-state index contributed by atoms with van der Waals surface area (Å²) in [6.07, 6.45) is 1.45. The zero-order chi connectivity index (χ0) is 19.9. The summed E-state index contributed by atoms with van der Waals surface area (Å²) in [7, 11) is 1.62. The van der Waals surface area contributed by atoms with Gasteiger partial charge < -0.3 is 9.30 Å². The van der Waals surface area contributed by atoms with E-state index in [9.17, 15) is 4.79 Å². The first-order valence-corrected chi connectivity index (χ1v) is 10.3. The maximum atomic E-state index is 13.0. The van der Waals surface area contributed by atoms with E-state index in [1.54, 1.807) is 7.11 Å². The number of hydrogen-bond acceptors (Lipinski definition) is 5. The van der Waals surface area contributed by atoms with E-state index in [4.69, 9.17) is 4.74 Å². The van der Waals surface area contributed by atoms with Crippen molar-refractivity contribution in [2.75, 3.05) is 7.11 Å². The summed E-state index contributed by atoms with van der Waals surface area (Å²) < 4.78 is 7.27. The molecule has 6 heteroatoms. The van der Waals surface area contributed by atoms with Crippen LogP contribution in [0.4, 0.5) is 0 Å². The van der Waals surface area contributed by atoms with Gasteiger partial charge in [-0.3, -0.25) is 4.79 Å². The number of ketones is 1. The number of benzene rings is 2. The number of hydrogen-bond donors (Lipinski definition) is 0. The van der Waals surface area contributed by atoms with Crippen LogP contribution in [-0.4, -0.2) is 32.9 Å². The van der Waals surface area contributed by atoms with Crippen LogP contribution in [0, 0.1) is 0 Å². The van der Waals surface area contributed by atoms with Crippen LogP contribution in [0.2, 0.25) is 0 Å². The molecule has 0 saturated carbocycles. The molecular formula is C22H25N3O2S. The molecule has 146 valence electrons. The van der Waals surface area contributed by atoms with Gasteiger partial charge in [0.05, 0.1) is 12.4 Å². The molecule has 0 fully saturated rings. The van der Waals surface area contributed by atoms with Crippen LogP contribution in [0.5, 0.6) is 5.75 Å². The third-order valence-corrected chi connectivity index (χ3v) is 5.94. The molecular weight excluding hydrogens is 370 g/mol. The van der Waals surface area contributed by atoms with Crippen LogP contribution < -0.4 is 4.74 Å². The lowest BCUT2D eigenvalue weighted by Crippen LogP contribution is -2.17. The third-order valence-electron chi connectivity index (χ3n) is 4.60. The van der Waals surface area contributed by atoms with E-state index in [1.807, 2.05) is 49.4 Å². The molecule has 28 heavy (non-hydrogen) atoms. The number of methoxy groups -OCH3 is 1. The van der Waals surface area contributed by atoms with Crippen LogP contribution >= 0.6 is 11.8 Å². The Bertz CT molecular complexity index is 907. The molecule has 1 atom stereocenters. The Hall–Kier alpha value is -2.60. The Kier molecular flexibility index (Phi) is 6.87. The van der Waals surface area contributed by atoms with Gasteiger partial charge in [-0.15, -0.1) is 10.2 Å². The molecule has 0 aliphatic carbocycles. The molecule has 2 aromatic carbocycles. The fourth-order valence-electron chi connectivity index (χ4n) is 3.02. The summed E-state index contributed by atoms with van der Waals surface area (Å²) in [5.74, 6) is 1.77. The predicted molar refractivity (Wildman–Crippen MR) is 112 cm³/mol. The number of aromatic nitrogens is 3. The molecule has 0 saturated heterocycles. The number of rotatable bonds is 9. The molecule has 1 unspecified atom stereocenters. The zero-order valence-electron chi connectivity index (χ0n) is 16.5. The maximum absolute atomic E-state index is 13.0. The van der Waals surface area contributed by atoms with E-state index in [0.717, 1.165) is 36.1 Å². The maximum Gasteiger partial charge on any atom is 0.191 e. The molecule has 0 N–H and O–H groups in total. The number of ether oxygens (including phenoxy) is 1. The van der Waals surface area contributed by atoms with E-state index in [2.05, 4.69) is 33.8 Å². The van der Waals surface area contributed by atoms with E-state index in [0.29, 0.717) is 5.56 Å². The lowest BCUT2D eigenvalue weighted by Gasteiger charge is -2.14. The highest BCUT2D eigenvalue weighted by molar-refractivity contribution is 8.00. The highest BCUT2D eigenvalue weighted by atomic mass is 32.2. The molecule has 1 aromatic heterocycles. The zero-order valence-corrected chi connectivity index (χ0v) is 17.3. The molecule has 0 bridgehead atoms. The largest absolute Gasteiger partial charge is 0.497 e. The monoisotopic (exact) mass is 395 g/mol. The van der Waals surface area contributed by atoms with Crippen molar-refractivity contribution in [1.82, 2.24) is 14.8 Å². The molecule has 1 heterocycles. The normalized spacial score (nSPS) is 12.0. The minimum Gasteiger partial charge on any atom is -0.497 e. The fourth-order valence-corrected chi connectivity index (χ4v) is 4.14. The van der Waals surface area contributed by atoms with E-state index < -0.39 is 0 Å². The van der Waals surface area contributed by atoms with Crippen molar-refractivity contribution in [2.24, 2.45) is 0 Å². The van der Waals surface area contributed by atoms with E-state index in [-0.39, 0.29) is 11.0 Å². The van der Waals surface area contributed by atoms with Crippen LogP contribution in [0.3, 0.4) is 0 Å². The van der Waals surface area contributed by atoms with Gasteiger partial charge in [0.2, 0.25) is 0 Å². The van der Waals surface area contributed by atoms with Crippen LogP contribution in [0.1, 0.15) is 42.0 Å². The summed E-state index contributed by atoms with van der Waals surface area (Å²) in [5.41, 5.74) is 1.88. The Morgan fingerprint density at radius 2 is 1.79 bits per heavy atom. The van der Waals surface area contributed by atoms with Gasteiger partial charge in [0.15, 0.2) is 10.9 Å². The summed E-state index contributed by atoms with van der Waals surface area (Å²) in [6.45, 7) is 4.87. The highest BCUT2D eigenvalue weighted by Crippen LogP contribution is 2.28. The van der Waals surface area contributed by atoms with Crippen LogP contribution in [0.15, 0.2) is 59.8 Å². The van der Waals surface area contributed by atoms with Gasteiger partial charge in [0.1, 0.15) is 11.6 Å².